The minimum absolute atomic E-state index is 0.300. The lowest BCUT2D eigenvalue weighted by Crippen LogP contribution is -2.01. The van der Waals surface area contributed by atoms with Gasteiger partial charge in [0.1, 0.15) is 5.75 Å². The Balaban J connectivity index is 2.69. The van der Waals surface area contributed by atoms with Gasteiger partial charge in [-0.1, -0.05) is 49.6 Å². The molecule has 0 radical (unpaired) electrons. The van der Waals surface area contributed by atoms with E-state index in [9.17, 15) is 9.59 Å². The molecule has 1 rings (SSSR count). The highest BCUT2D eigenvalue weighted by Gasteiger charge is 2.01. The van der Waals surface area contributed by atoms with Gasteiger partial charge in [-0.05, 0) is 29.7 Å². The van der Waals surface area contributed by atoms with E-state index in [2.05, 4.69) is 13.2 Å². The fraction of sp³-hybridized carbons (Fsp3) is 0.158. The first-order valence-corrected chi connectivity index (χ1v) is 7.14. The summed E-state index contributed by atoms with van der Waals surface area (Å²) in [5.74, 6) is -0.283. The summed E-state index contributed by atoms with van der Waals surface area (Å²) in [5.41, 5.74) is 1.91. The van der Waals surface area contributed by atoms with Gasteiger partial charge in [-0.3, -0.25) is 4.79 Å². The smallest absolute Gasteiger partial charge is 0.330 e. The predicted octanol–water partition coefficient (Wildman–Crippen LogP) is 3.86. The summed E-state index contributed by atoms with van der Waals surface area (Å²) in [6.07, 6.45) is 9.12. The molecule has 0 spiro atoms. The van der Waals surface area contributed by atoms with E-state index in [1.807, 2.05) is 30.4 Å². The summed E-state index contributed by atoms with van der Waals surface area (Å²) >= 11 is 0. The Morgan fingerprint density at radius 3 is 2.43 bits per heavy atom. The van der Waals surface area contributed by atoms with Gasteiger partial charge in [0.05, 0.1) is 6.61 Å². The van der Waals surface area contributed by atoms with Crippen LogP contribution < -0.4 is 4.74 Å². The third-order valence-corrected chi connectivity index (χ3v) is 2.74. The van der Waals surface area contributed by atoms with Crippen LogP contribution in [0.5, 0.6) is 5.75 Å². The summed E-state index contributed by atoms with van der Waals surface area (Å²) in [4.78, 5) is 21.8. The first kappa shape index (κ1) is 18.2. The molecule has 0 fully saturated rings. The van der Waals surface area contributed by atoms with Crippen LogP contribution in [0.1, 0.15) is 18.9 Å². The van der Waals surface area contributed by atoms with Gasteiger partial charge in [-0.25, -0.2) is 4.79 Å². The summed E-state index contributed by atoms with van der Waals surface area (Å²) < 4.78 is 9.90. The Kier molecular flexibility index (Phi) is 7.86. The van der Waals surface area contributed by atoms with Crippen molar-refractivity contribution < 1.29 is 19.1 Å². The Labute approximate surface area is 136 Å². The second-order valence-corrected chi connectivity index (χ2v) is 4.54. The van der Waals surface area contributed by atoms with Crippen LogP contribution >= 0.6 is 0 Å². The maximum absolute atomic E-state index is 10.9. The molecule has 1 aromatic carbocycles. The molecule has 0 aromatic heterocycles. The molecule has 0 N–H and O–H groups in total. The van der Waals surface area contributed by atoms with Crippen molar-refractivity contribution in [2.45, 2.75) is 13.3 Å². The number of benzene rings is 1. The van der Waals surface area contributed by atoms with Gasteiger partial charge in [0.15, 0.2) is 0 Å². The monoisotopic (exact) mass is 312 g/mol. The molecule has 0 atom stereocenters. The molecule has 0 saturated heterocycles. The molecule has 0 aliphatic carbocycles. The van der Waals surface area contributed by atoms with Crippen LogP contribution in [0.2, 0.25) is 0 Å². The van der Waals surface area contributed by atoms with Crippen LogP contribution in [0.4, 0.5) is 0 Å². The SMILES string of the molecule is C=CC=C(C=CCCOC(=O)C=C)c1ccc(OC(C)=O)cc1. The van der Waals surface area contributed by atoms with Crippen molar-refractivity contribution in [1.82, 2.24) is 0 Å². The lowest BCUT2D eigenvalue weighted by atomic mass is 10.0. The van der Waals surface area contributed by atoms with Crippen molar-refractivity contribution in [3.05, 3.63) is 73.4 Å². The van der Waals surface area contributed by atoms with E-state index in [4.69, 9.17) is 9.47 Å². The van der Waals surface area contributed by atoms with E-state index in [0.717, 1.165) is 17.2 Å². The van der Waals surface area contributed by atoms with Crippen molar-refractivity contribution in [2.75, 3.05) is 6.61 Å². The lowest BCUT2D eigenvalue weighted by molar-refractivity contribution is -0.137. The highest BCUT2D eigenvalue weighted by atomic mass is 16.5. The zero-order chi connectivity index (χ0) is 17.1. The molecular weight excluding hydrogens is 292 g/mol. The zero-order valence-corrected chi connectivity index (χ0v) is 13.2. The first-order chi connectivity index (χ1) is 11.1. The minimum Gasteiger partial charge on any atom is -0.462 e. The fourth-order valence-electron chi connectivity index (χ4n) is 1.75. The number of esters is 2. The zero-order valence-electron chi connectivity index (χ0n) is 13.2. The molecule has 0 bridgehead atoms. The van der Waals surface area contributed by atoms with Crippen LogP contribution in [0.15, 0.2) is 67.8 Å². The molecular formula is C19H20O4. The van der Waals surface area contributed by atoms with Gasteiger partial charge in [-0.2, -0.15) is 0 Å². The summed E-state index contributed by atoms with van der Waals surface area (Å²) in [6.45, 7) is 8.69. The van der Waals surface area contributed by atoms with Gasteiger partial charge in [0, 0.05) is 13.0 Å². The molecule has 0 amide bonds. The van der Waals surface area contributed by atoms with Crippen LogP contribution in [-0.4, -0.2) is 18.5 Å². The van der Waals surface area contributed by atoms with Crippen LogP contribution in [0.25, 0.3) is 5.57 Å². The summed E-state index contributed by atoms with van der Waals surface area (Å²) in [5, 5.41) is 0. The number of carbonyl (C=O) groups is 2. The summed E-state index contributed by atoms with van der Waals surface area (Å²) in [6, 6.07) is 7.17. The Morgan fingerprint density at radius 2 is 1.87 bits per heavy atom. The molecule has 0 aliphatic heterocycles. The Morgan fingerprint density at radius 1 is 1.17 bits per heavy atom. The maximum Gasteiger partial charge on any atom is 0.330 e. The van der Waals surface area contributed by atoms with Crippen LogP contribution in [0, 0.1) is 0 Å². The molecule has 120 valence electrons. The highest BCUT2D eigenvalue weighted by Crippen LogP contribution is 2.20. The topological polar surface area (TPSA) is 52.6 Å². The molecule has 1 aromatic rings. The number of carbonyl (C=O) groups excluding carboxylic acids is 2. The van der Waals surface area contributed by atoms with Gasteiger partial charge >= 0.3 is 11.9 Å². The van der Waals surface area contributed by atoms with Gasteiger partial charge in [-0.15, -0.1) is 0 Å². The molecule has 0 aliphatic rings. The second kappa shape index (κ2) is 9.95. The minimum atomic E-state index is -0.429. The largest absolute Gasteiger partial charge is 0.462 e. The van der Waals surface area contributed by atoms with Crippen molar-refractivity contribution in [3.8, 4) is 5.75 Å². The van der Waals surface area contributed by atoms with E-state index >= 15 is 0 Å². The predicted molar refractivity (Wildman–Crippen MR) is 90.8 cm³/mol. The molecule has 23 heavy (non-hydrogen) atoms. The van der Waals surface area contributed by atoms with Crippen LogP contribution in [-0.2, 0) is 14.3 Å². The maximum atomic E-state index is 10.9. The number of hydrogen-bond donors (Lipinski definition) is 0. The molecule has 0 saturated carbocycles. The van der Waals surface area contributed by atoms with E-state index in [0.29, 0.717) is 18.8 Å². The average Bonchev–Trinajstić information content (AvgIpc) is 2.53. The van der Waals surface area contributed by atoms with Gasteiger partial charge in [0.2, 0.25) is 0 Å². The lowest BCUT2D eigenvalue weighted by Gasteiger charge is -2.05. The standard InChI is InChI=1S/C19H20O4/c1-4-8-16(9-6-7-14-22-19(21)5-2)17-10-12-18(13-11-17)23-15(3)20/h4-6,8-13H,1-2,7,14H2,3H3. The van der Waals surface area contributed by atoms with Crippen molar-refractivity contribution in [2.24, 2.45) is 0 Å². The highest BCUT2D eigenvalue weighted by molar-refractivity contribution is 5.81. The second-order valence-electron chi connectivity index (χ2n) is 4.54. The average molecular weight is 312 g/mol. The molecule has 0 unspecified atom stereocenters. The summed E-state index contributed by atoms with van der Waals surface area (Å²) in [7, 11) is 0. The van der Waals surface area contributed by atoms with Gasteiger partial charge in [0.25, 0.3) is 0 Å². The molecule has 4 nitrogen and oxygen atoms in total. The Bertz CT molecular complexity index is 621. The number of ether oxygens (including phenoxy) is 2. The van der Waals surface area contributed by atoms with Gasteiger partial charge < -0.3 is 9.47 Å². The number of allylic oxidation sites excluding steroid dienone is 4. The third kappa shape index (κ3) is 7.09. The van der Waals surface area contributed by atoms with Crippen LogP contribution in [0.3, 0.4) is 0 Å². The normalized spacial score (nSPS) is 11.1. The number of rotatable bonds is 8. The van der Waals surface area contributed by atoms with E-state index in [1.54, 1.807) is 18.2 Å². The van der Waals surface area contributed by atoms with Crippen molar-refractivity contribution >= 4 is 17.5 Å². The number of hydrogen-bond acceptors (Lipinski definition) is 4. The van der Waals surface area contributed by atoms with Crippen molar-refractivity contribution in [1.29, 1.82) is 0 Å². The van der Waals surface area contributed by atoms with E-state index < -0.39 is 5.97 Å². The van der Waals surface area contributed by atoms with E-state index in [1.165, 1.54) is 6.92 Å². The third-order valence-electron chi connectivity index (χ3n) is 2.74. The van der Waals surface area contributed by atoms with Crippen molar-refractivity contribution in [3.63, 3.8) is 0 Å². The molecule has 4 heteroatoms. The molecule has 0 heterocycles. The fourth-order valence-corrected chi connectivity index (χ4v) is 1.75. The van der Waals surface area contributed by atoms with E-state index in [-0.39, 0.29) is 5.97 Å². The Hall–Kier alpha value is -2.88. The quantitative estimate of drug-likeness (QED) is 0.240. The first-order valence-electron chi connectivity index (χ1n) is 7.14.